The van der Waals surface area contributed by atoms with Gasteiger partial charge in [-0.2, -0.15) is 0 Å². The van der Waals surface area contributed by atoms with Gasteiger partial charge in [-0.3, -0.25) is 0 Å². The molecule has 1 aromatic rings. The van der Waals surface area contributed by atoms with Crippen molar-refractivity contribution in [2.45, 2.75) is 39.5 Å². The average molecular weight is 280 g/mol. The first-order valence-electron chi connectivity index (χ1n) is 9.12. The molecule has 0 N–H and O–H groups in total. The fraction of sp³-hybridized carbons (Fsp3) is 0.619. The largest absolute Gasteiger partial charge is 0.0848 e. The molecule has 5 rings (SSSR count). The SMILES string of the molecule is C1=CC2CC1C1C3CC(Cc4ccccc4)C(C3)C21.CC. The van der Waals surface area contributed by atoms with Crippen molar-refractivity contribution in [3.63, 3.8) is 0 Å². The molecule has 4 bridgehead atoms. The Bertz CT molecular complexity index is 514. The highest BCUT2D eigenvalue weighted by Gasteiger charge is 2.60. The minimum absolute atomic E-state index is 0.962. The van der Waals surface area contributed by atoms with Crippen LogP contribution in [0.4, 0.5) is 0 Å². The molecular weight excluding hydrogens is 252 g/mol. The van der Waals surface area contributed by atoms with Crippen molar-refractivity contribution in [3.05, 3.63) is 48.0 Å². The van der Waals surface area contributed by atoms with Crippen LogP contribution >= 0.6 is 0 Å². The highest BCUT2D eigenvalue weighted by atomic mass is 14.6. The van der Waals surface area contributed by atoms with E-state index in [1.54, 1.807) is 12.0 Å². The molecule has 112 valence electrons. The molecule has 0 nitrogen and oxygen atoms in total. The lowest BCUT2D eigenvalue weighted by Crippen LogP contribution is -2.31. The van der Waals surface area contributed by atoms with E-state index in [-0.39, 0.29) is 0 Å². The quantitative estimate of drug-likeness (QED) is 0.506. The van der Waals surface area contributed by atoms with E-state index in [1.165, 1.54) is 19.3 Å². The van der Waals surface area contributed by atoms with Crippen LogP contribution in [-0.4, -0.2) is 0 Å². The molecule has 3 saturated carbocycles. The lowest BCUT2D eigenvalue weighted by molar-refractivity contribution is 0.150. The topological polar surface area (TPSA) is 0 Å². The molecule has 0 saturated heterocycles. The van der Waals surface area contributed by atoms with Gasteiger partial charge < -0.3 is 0 Å². The summed E-state index contributed by atoms with van der Waals surface area (Å²) in [5.74, 6) is 7.21. The summed E-state index contributed by atoms with van der Waals surface area (Å²) in [7, 11) is 0. The first-order valence-corrected chi connectivity index (χ1v) is 9.12. The van der Waals surface area contributed by atoms with Gasteiger partial charge in [-0.25, -0.2) is 0 Å². The molecule has 7 atom stereocenters. The van der Waals surface area contributed by atoms with Crippen molar-refractivity contribution >= 4 is 0 Å². The molecule has 7 unspecified atom stereocenters. The van der Waals surface area contributed by atoms with Gasteiger partial charge in [0.1, 0.15) is 0 Å². The molecule has 3 fully saturated rings. The molecule has 0 spiro atoms. The Kier molecular flexibility index (Phi) is 3.44. The lowest BCUT2D eigenvalue weighted by atomic mass is 9.68. The molecule has 0 radical (unpaired) electrons. The summed E-state index contributed by atoms with van der Waals surface area (Å²) in [6.07, 6.45) is 11.0. The summed E-state index contributed by atoms with van der Waals surface area (Å²) in [6, 6.07) is 11.2. The third kappa shape index (κ3) is 2.02. The second-order valence-corrected chi connectivity index (χ2v) is 7.45. The van der Waals surface area contributed by atoms with Gasteiger partial charge in [-0.1, -0.05) is 56.3 Å². The Balaban J connectivity index is 0.000000555. The monoisotopic (exact) mass is 280 g/mol. The van der Waals surface area contributed by atoms with E-state index >= 15 is 0 Å². The maximum absolute atomic E-state index is 2.56. The van der Waals surface area contributed by atoms with Gasteiger partial charge in [-0.15, -0.1) is 0 Å². The van der Waals surface area contributed by atoms with Crippen LogP contribution < -0.4 is 0 Å². The van der Waals surface area contributed by atoms with Gasteiger partial charge in [0, 0.05) is 0 Å². The second-order valence-electron chi connectivity index (χ2n) is 7.45. The average Bonchev–Trinajstić information content (AvgIpc) is 3.29. The van der Waals surface area contributed by atoms with Gasteiger partial charge in [0.15, 0.2) is 0 Å². The maximum Gasteiger partial charge on any atom is -0.0194 e. The van der Waals surface area contributed by atoms with Crippen molar-refractivity contribution in [3.8, 4) is 0 Å². The first kappa shape index (κ1) is 13.6. The van der Waals surface area contributed by atoms with Crippen molar-refractivity contribution in [1.29, 1.82) is 0 Å². The molecule has 0 heterocycles. The van der Waals surface area contributed by atoms with E-state index in [0.717, 1.165) is 41.4 Å². The highest BCUT2D eigenvalue weighted by Crippen LogP contribution is 2.67. The summed E-state index contributed by atoms with van der Waals surface area (Å²) in [5.41, 5.74) is 1.57. The highest BCUT2D eigenvalue weighted by molar-refractivity contribution is 5.22. The molecule has 0 amide bonds. The number of hydrogen-bond donors (Lipinski definition) is 0. The number of benzene rings is 1. The van der Waals surface area contributed by atoms with E-state index < -0.39 is 0 Å². The molecule has 0 heteroatoms. The smallest absolute Gasteiger partial charge is 0.0194 e. The first-order chi connectivity index (χ1) is 10.4. The Labute approximate surface area is 129 Å². The molecule has 1 aromatic carbocycles. The number of fused-ring (bicyclic) bond motifs is 9. The predicted molar refractivity (Wildman–Crippen MR) is 88.9 cm³/mol. The Hall–Kier alpha value is -1.04. The summed E-state index contributed by atoms with van der Waals surface area (Å²) < 4.78 is 0. The number of allylic oxidation sites excluding steroid dienone is 2. The van der Waals surface area contributed by atoms with Crippen molar-refractivity contribution in [2.75, 3.05) is 0 Å². The molecule has 0 aromatic heterocycles. The fourth-order valence-corrected chi connectivity index (χ4v) is 6.30. The van der Waals surface area contributed by atoms with Crippen molar-refractivity contribution < 1.29 is 0 Å². The van der Waals surface area contributed by atoms with E-state index in [1.807, 2.05) is 13.8 Å². The van der Waals surface area contributed by atoms with Crippen LogP contribution in [0, 0.1) is 41.4 Å². The number of rotatable bonds is 2. The summed E-state index contributed by atoms with van der Waals surface area (Å²) in [6.45, 7) is 4.00. The van der Waals surface area contributed by atoms with Crippen molar-refractivity contribution in [1.82, 2.24) is 0 Å². The lowest BCUT2D eigenvalue weighted by Gasteiger charge is -2.36. The number of hydrogen-bond acceptors (Lipinski definition) is 0. The van der Waals surface area contributed by atoms with Crippen LogP contribution in [0.3, 0.4) is 0 Å². The summed E-state index contributed by atoms with van der Waals surface area (Å²) in [5, 5.41) is 0. The summed E-state index contributed by atoms with van der Waals surface area (Å²) in [4.78, 5) is 0. The van der Waals surface area contributed by atoms with Gasteiger partial charge in [-0.05, 0) is 72.7 Å². The van der Waals surface area contributed by atoms with Crippen molar-refractivity contribution in [2.24, 2.45) is 41.4 Å². The molecule has 21 heavy (non-hydrogen) atoms. The van der Waals surface area contributed by atoms with Crippen LogP contribution in [0.5, 0.6) is 0 Å². The molecule has 0 aliphatic heterocycles. The van der Waals surface area contributed by atoms with Gasteiger partial charge >= 0.3 is 0 Å². The van der Waals surface area contributed by atoms with Crippen LogP contribution in [-0.2, 0) is 6.42 Å². The molecule has 4 aliphatic rings. The zero-order valence-corrected chi connectivity index (χ0v) is 13.4. The summed E-state index contributed by atoms with van der Waals surface area (Å²) >= 11 is 0. The zero-order chi connectivity index (χ0) is 14.4. The zero-order valence-electron chi connectivity index (χ0n) is 13.4. The van der Waals surface area contributed by atoms with Crippen LogP contribution in [0.1, 0.15) is 38.7 Å². The van der Waals surface area contributed by atoms with Gasteiger partial charge in [0.05, 0.1) is 0 Å². The standard InChI is InChI=1S/C19H22.C2H6/c1-2-4-12(5-3-1)8-15-10-16-11-17(15)19-14-7-6-13(9-14)18(16)19;1-2/h1-7,13-19H,8-11H2;1-2H3. The maximum atomic E-state index is 2.56. The van der Waals surface area contributed by atoms with Crippen LogP contribution in [0.2, 0.25) is 0 Å². The fourth-order valence-electron chi connectivity index (χ4n) is 6.30. The Morgan fingerprint density at radius 3 is 2.33 bits per heavy atom. The minimum Gasteiger partial charge on any atom is -0.0848 e. The Morgan fingerprint density at radius 2 is 1.57 bits per heavy atom. The van der Waals surface area contributed by atoms with Crippen LogP contribution in [0.15, 0.2) is 42.5 Å². The second kappa shape index (κ2) is 5.30. The van der Waals surface area contributed by atoms with Gasteiger partial charge in [0.25, 0.3) is 0 Å². The van der Waals surface area contributed by atoms with Gasteiger partial charge in [0.2, 0.25) is 0 Å². The van der Waals surface area contributed by atoms with Crippen LogP contribution in [0.25, 0.3) is 0 Å². The van der Waals surface area contributed by atoms with E-state index in [0.29, 0.717) is 0 Å². The third-order valence-corrected chi connectivity index (χ3v) is 6.75. The minimum atomic E-state index is 0.962. The molecular formula is C21H28. The predicted octanol–water partition coefficient (Wildman–Crippen LogP) is 5.35. The normalized spacial score (nSPS) is 44.6. The van der Waals surface area contributed by atoms with E-state index in [2.05, 4.69) is 42.5 Å². The third-order valence-electron chi connectivity index (χ3n) is 6.75. The van der Waals surface area contributed by atoms with E-state index in [9.17, 15) is 0 Å². The van der Waals surface area contributed by atoms with E-state index in [4.69, 9.17) is 0 Å². The Morgan fingerprint density at radius 1 is 0.857 bits per heavy atom. The molecule has 4 aliphatic carbocycles.